The van der Waals surface area contributed by atoms with Crippen molar-refractivity contribution in [3.63, 3.8) is 0 Å². The van der Waals surface area contributed by atoms with E-state index >= 15 is 0 Å². The molecule has 0 radical (unpaired) electrons. The topological polar surface area (TPSA) is 138 Å². The van der Waals surface area contributed by atoms with Gasteiger partial charge in [0.15, 0.2) is 0 Å². The van der Waals surface area contributed by atoms with E-state index < -0.39 is 31.4 Å². The first-order valence-electron chi connectivity index (χ1n) is 7.02. The van der Waals surface area contributed by atoms with Gasteiger partial charge in [0.25, 0.3) is 20.2 Å². The van der Waals surface area contributed by atoms with Gasteiger partial charge in [0.05, 0.1) is 4.90 Å². The van der Waals surface area contributed by atoms with Crippen molar-refractivity contribution in [1.82, 2.24) is 5.32 Å². The van der Waals surface area contributed by atoms with Gasteiger partial charge in [-0.15, -0.1) is 0 Å². The molecule has 25 heavy (non-hydrogen) atoms. The molecule has 0 saturated carbocycles. The lowest BCUT2D eigenvalue weighted by Gasteiger charge is -2.10. The maximum Gasteiger partial charge on any atom is 0.294 e. The fourth-order valence-electron chi connectivity index (χ4n) is 1.52. The highest BCUT2D eigenvalue weighted by Crippen LogP contribution is 2.10. The average molecular weight is 391 g/mol. The van der Waals surface area contributed by atoms with Gasteiger partial charge in [-0.2, -0.15) is 16.8 Å². The summed E-state index contributed by atoms with van der Waals surface area (Å²) in [5.74, 6) is -0.456. The van der Waals surface area contributed by atoms with Crippen molar-refractivity contribution in [3.05, 3.63) is 49.1 Å². The maximum atomic E-state index is 10.7. The third-order valence-electron chi connectivity index (χ3n) is 2.98. The predicted octanol–water partition coefficient (Wildman–Crippen LogP) is 1.53. The molecule has 1 aromatic carbocycles. The van der Waals surface area contributed by atoms with E-state index in [9.17, 15) is 21.6 Å². The van der Waals surface area contributed by atoms with Crippen LogP contribution < -0.4 is 5.32 Å². The van der Waals surface area contributed by atoms with Crippen molar-refractivity contribution in [1.29, 1.82) is 0 Å². The van der Waals surface area contributed by atoms with Gasteiger partial charge in [-0.05, 0) is 30.2 Å². The summed E-state index contributed by atoms with van der Waals surface area (Å²) in [4.78, 5) is 10.5. The lowest BCUT2D eigenvalue weighted by molar-refractivity contribution is -0.116. The van der Waals surface area contributed by atoms with Gasteiger partial charge in [-0.25, -0.2) is 0 Å². The highest BCUT2D eigenvalue weighted by Gasteiger charge is 2.20. The Kier molecular flexibility index (Phi) is 9.28. The Morgan fingerprint density at radius 2 is 1.68 bits per heavy atom. The van der Waals surface area contributed by atoms with Crippen LogP contribution in [0.2, 0.25) is 0 Å². The predicted molar refractivity (Wildman–Crippen MR) is 95.2 cm³/mol. The molecule has 0 bridgehead atoms. The third-order valence-corrected chi connectivity index (χ3v) is 5.19. The summed E-state index contributed by atoms with van der Waals surface area (Å²) < 4.78 is 59.7. The van der Waals surface area contributed by atoms with E-state index in [4.69, 9.17) is 9.11 Å². The molecule has 0 fully saturated rings. The molecule has 10 heteroatoms. The number of nitrogens with one attached hydrogen (secondary N) is 1. The number of hydrogen-bond donors (Lipinski definition) is 3. The summed E-state index contributed by atoms with van der Waals surface area (Å²) in [5.41, 5.74) is 0.808. The van der Waals surface area contributed by atoms with Crippen molar-refractivity contribution < 1.29 is 30.7 Å². The monoisotopic (exact) mass is 391 g/mol. The molecule has 140 valence electrons. The molecule has 1 aromatic rings. The quantitative estimate of drug-likeness (QED) is 0.473. The van der Waals surface area contributed by atoms with Gasteiger partial charge in [0.2, 0.25) is 5.91 Å². The molecular weight excluding hydrogens is 370 g/mol. The number of benzene rings is 1. The van der Waals surface area contributed by atoms with Crippen LogP contribution in [0.3, 0.4) is 0 Å². The largest absolute Gasteiger partial charge is 0.351 e. The number of hydrogen-bond acceptors (Lipinski definition) is 5. The van der Waals surface area contributed by atoms with Crippen LogP contribution in [0.15, 0.2) is 48.4 Å². The van der Waals surface area contributed by atoms with Gasteiger partial charge < -0.3 is 5.32 Å². The Morgan fingerprint density at radius 1 is 1.16 bits per heavy atom. The molecule has 0 spiro atoms. The van der Waals surface area contributed by atoms with Crippen molar-refractivity contribution in [2.75, 3.05) is 6.54 Å². The summed E-state index contributed by atoms with van der Waals surface area (Å²) >= 11 is 0. The third kappa shape index (κ3) is 9.15. The Bertz CT molecular complexity index is 797. The molecule has 0 aromatic heterocycles. The number of carbonyl (C=O) groups is 1. The van der Waals surface area contributed by atoms with Gasteiger partial charge in [-0.1, -0.05) is 38.3 Å². The lowest BCUT2D eigenvalue weighted by atomic mass is 10.2. The van der Waals surface area contributed by atoms with E-state index in [-0.39, 0.29) is 17.9 Å². The van der Waals surface area contributed by atoms with Crippen LogP contribution in [-0.4, -0.2) is 43.6 Å². The van der Waals surface area contributed by atoms with Crippen molar-refractivity contribution >= 4 is 32.2 Å². The molecule has 1 rings (SSSR count). The Balaban J connectivity index is 0.000000462. The van der Waals surface area contributed by atoms with Crippen LogP contribution in [0.4, 0.5) is 0 Å². The van der Waals surface area contributed by atoms with Crippen LogP contribution in [0.5, 0.6) is 0 Å². The highest BCUT2D eigenvalue weighted by molar-refractivity contribution is 7.86. The van der Waals surface area contributed by atoms with Gasteiger partial charge in [0.1, 0.15) is 5.25 Å². The molecule has 0 aliphatic heterocycles. The summed E-state index contributed by atoms with van der Waals surface area (Å²) in [6.45, 7) is 8.23. The molecule has 0 heterocycles. The first kappa shape index (κ1) is 23.0. The SMILES string of the molecule is C=CC(=O)NCC(CC)S(=O)(=O)O.C=Cc1ccc(S(=O)(=O)O)cc1. The van der Waals surface area contributed by atoms with Crippen molar-refractivity contribution in [2.45, 2.75) is 23.5 Å². The molecule has 0 saturated heterocycles. The lowest BCUT2D eigenvalue weighted by Crippen LogP contribution is -2.35. The number of rotatable bonds is 7. The highest BCUT2D eigenvalue weighted by atomic mass is 32.2. The molecule has 1 amide bonds. The van der Waals surface area contributed by atoms with Crippen LogP contribution in [0.25, 0.3) is 6.08 Å². The smallest absolute Gasteiger partial charge is 0.294 e. The molecule has 0 aliphatic rings. The second-order valence-electron chi connectivity index (χ2n) is 4.74. The van der Waals surface area contributed by atoms with E-state index in [1.807, 2.05) is 0 Å². The maximum absolute atomic E-state index is 10.7. The first-order chi connectivity index (χ1) is 11.5. The molecule has 1 unspecified atom stereocenters. The Morgan fingerprint density at radius 3 is 2.00 bits per heavy atom. The van der Waals surface area contributed by atoms with Crippen LogP contribution in [0, 0.1) is 0 Å². The van der Waals surface area contributed by atoms with E-state index in [1.165, 1.54) is 12.1 Å². The summed E-state index contributed by atoms with van der Waals surface area (Å²) in [7, 11) is -8.13. The van der Waals surface area contributed by atoms with E-state index in [1.54, 1.807) is 25.1 Å². The molecule has 1 atom stereocenters. The minimum atomic E-state index is -4.07. The molecule has 8 nitrogen and oxygen atoms in total. The minimum Gasteiger partial charge on any atom is -0.351 e. The average Bonchev–Trinajstić information content (AvgIpc) is 2.53. The first-order valence-corrected chi connectivity index (χ1v) is 9.96. The fraction of sp³-hybridized carbons (Fsp3) is 0.267. The van der Waals surface area contributed by atoms with E-state index in [0.717, 1.165) is 11.6 Å². The van der Waals surface area contributed by atoms with Gasteiger partial charge >= 0.3 is 0 Å². The Labute approximate surface area is 147 Å². The van der Waals surface area contributed by atoms with Crippen LogP contribution >= 0.6 is 0 Å². The molecular formula is C15H21NO7S2. The van der Waals surface area contributed by atoms with Crippen LogP contribution in [0.1, 0.15) is 18.9 Å². The zero-order valence-corrected chi connectivity index (χ0v) is 15.3. The summed E-state index contributed by atoms with van der Waals surface area (Å²) in [6, 6.07) is 5.78. The number of carbonyl (C=O) groups excluding carboxylic acids is 1. The number of amides is 1. The molecule has 0 aliphatic carbocycles. The summed E-state index contributed by atoms with van der Waals surface area (Å²) in [5, 5.41) is 1.35. The van der Waals surface area contributed by atoms with Crippen molar-refractivity contribution in [2.24, 2.45) is 0 Å². The fourth-order valence-corrected chi connectivity index (χ4v) is 2.72. The second-order valence-corrected chi connectivity index (χ2v) is 7.86. The molecule has 3 N–H and O–H groups in total. The summed E-state index contributed by atoms with van der Waals surface area (Å²) in [6.07, 6.45) is 2.88. The second kappa shape index (κ2) is 10.1. The zero-order chi connectivity index (χ0) is 19.7. The Hall–Kier alpha value is -2.01. The van der Waals surface area contributed by atoms with Gasteiger partial charge in [0, 0.05) is 6.54 Å². The van der Waals surface area contributed by atoms with E-state index in [0.29, 0.717) is 0 Å². The van der Waals surface area contributed by atoms with Crippen molar-refractivity contribution in [3.8, 4) is 0 Å². The minimum absolute atomic E-state index is 0.0970. The van der Waals surface area contributed by atoms with Crippen LogP contribution in [-0.2, 0) is 25.0 Å². The standard InChI is InChI=1S/C8H8O3S.C7H13NO4S/c1-2-7-3-5-8(6-4-7)12(9,10)11;1-3-6(13(10,11)12)5-8-7(9)4-2/h2-6H,1H2,(H,9,10,11);4,6H,2-3,5H2,1H3,(H,8,9)(H,10,11,12). The van der Waals surface area contributed by atoms with Gasteiger partial charge in [-0.3, -0.25) is 13.9 Å². The zero-order valence-electron chi connectivity index (χ0n) is 13.6. The van der Waals surface area contributed by atoms with E-state index in [2.05, 4.69) is 18.5 Å². The normalized spacial score (nSPS) is 12.3.